The summed E-state index contributed by atoms with van der Waals surface area (Å²) >= 11 is 2.74. The first-order chi connectivity index (χ1) is 11.1. The van der Waals surface area contributed by atoms with Gasteiger partial charge in [0.05, 0.1) is 10.6 Å². The number of aryl methyl sites for hydroxylation is 1. The van der Waals surface area contributed by atoms with Crippen LogP contribution in [0.1, 0.15) is 21.8 Å². The molecule has 2 aromatic heterocycles. The highest BCUT2D eigenvalue weighted by Crippen LogP contribution is 2.15. The van der Waals surface area contributed by atoms with Crippen molar-refractivity contribution < 1.29 is 14.3 Å². The fraction of sp³-hybridized carbons (Fsp3) is 0.400. The van der Waals surface area contributed by atoms with Crippen molar-refractivity contribution in [1.82, 2.24) is 9.88 Å². The molecule has 2 aromatic rings. The maximum Gasteiger partial charge on any atom is 0.264 e. The fourth-order valence-corrected chi connectivity index (χ4v) is 3.35. The summed E-state index contributed by atoms with van der Waals surface area (Å²) in [5.41, 5.74) is 0.858. The molecule has 0 saturated carbocycles. The Morgan fingerprint density at radius 3 is 2.83 bits per heavy atom. The predicted molar refractivity (Wildman–Crippen MR) is 92.2 cm³/mol. The van der Waals surface area contributed by atoms with E-state index in [0.29, 0.717) is 29.6 Å². The van der Waals surface area contributed by atoms with Crippen LogP contribution >= 0.6 is 22.7 Å². The summed E-state index contributed by atoms with van der Waals surface area (Å²) in [5.74, 6) is -0.386. The van der Waals surface area contributed by atoms with Gasteiger partial charge in [-0.1, -0.05) is 6.07 Å². The Morgan fingerprint density at radius 2 is 2.22 bits per heavy atom. The molecule has 2 heterocycles. The van der Waals surface area contributed by atoms with Crippen molar-refractivity contribution in [1.29, 1.82) is 0 Å². The summed E-state index contributed by atoms with van der Waals surface area (Å²) in [6, 6.07) is 3.59. The molecule has 0 aliphatic carbocycles. The highest BCUT2D eigenvalue weighted by Gasteiger charge is 2.19. The molecule has 0 aliphatic heterocycles. The molecule has 2 rings (SSSR count). The molecule has 0 spiro atoms. The Morgan fingerprint density at radius 1 is 1.39 bits per heavy atom. The zero-order valence-electron chi connectivity index (χ0n) is 13.1. The molecule has 1 N–H and O–H groups in total. The number of nitrogens with one attached hydrogen (secondary N) is 1. The van der Waals surface area contributed by atoms with Gasteiger partial charge < -0.3 is 15.0 Å². The lowest BCUT2D eigenvalue weighted by Gasteiger charge is -2.21. The van der Waals surface area contributed by atoms with Crippen molar-refractivity contribution in [2.75, 3.05) is 32.1 Å². The monoisotopic (exact) mass is 353 g/mol. The number of carbonyl (C=O) groups is 2. The highest BCUT2D eigenvalue weighted by atomic mass is 32.1. The summed E-state index contributed by atoms with van der Waals surface area (Å²) in [7, 11) is 1.61. The SMILES string of the molecule is COCCCN(CC(=O)Nc1nc(C)cs1)C(=O)c1cccs1. The molecular formula is C15H19N3O3S2. The van der Waals surface area contributed by atoms with Crippen LogP contribution in [0.3, 0.4) is 0 Å². The van der Waals surface area contributed by atoms with Gasteiger partial charge in [0.1, 0.15) is 6.54 Å². The number of hydrogen-bond acceptors (Lipinski definition) is 6. The average molecular weight is 353 g/mol. The minimum atomic E-state index is -0.248. The second kappa shape index (κ2) is 8.76. The van der Waals surface area contributed by atoms with Crippen LogP contribution < -0.4 is 5.32 Å². The predicted octanol–water partition coefficient (Wildman–Crippen LogP) is 2.63. The molecule has 0 radical (unpaired) electrons. The molecule has 8 heteroatoms. The summed E-state index contributed by atoms with van der Waals surface area (Å²) in [6.07, 6.45) is 0.678. The van der Waals surface area contributed by atoms with E-state index in [0.717, 1.165) is 5.69 Å². The molecule has 0 bridgehead atoms. The van der Waals surface area contributed by atoms with Gasteiger partial charge in [0.2, 0.25) is 5.91 Å². The zero-order valence-corrected chi connectivity index (χ0v) is 14.7. The quantitative estimate of drug-likeness (QED) is 0.741. The molecule has 0 fully saturated rings. The van der Waals surface area contributed by atoms with Gasteiger partial charge in [-0.25, -0.2) is 4.98 Å². The Balaban J connectivity index is 1.98. The minimum absolute atomic E-state index is 0.000917. The second-order valence-corrected chi connectivity index (χ2v) is 6.70. The smallest absolute Gasteiger partial charge is 0.264 e. The number of nitrogens with zero attached hydrogens (tertiary/aromatic N) is 2. The summed E-state index contributed by atoms with van der Waals surface area (Å²) in [6.45, 7) is 2.87. The number of ether oxygens (including phenoxy) is 1. The van der Waals surface area contributed by atoms with Crippen LogP contribution in [-0.4, -0.2) is 48.5 Å². The minimum Gasteiger partial charge on any atom is -0.385 e. The van der Waals surface area contributed by atoms with Gasteiger partial charge in [0, 0.05) is 25.6 Å². The molecule has 23 heavy (non-hydrogen) atoms. The van der Waals surface area contributed by atoms with Gasteiger partial charge in [-0.2, -0.15) is 0 Å². The first-order valence-corrected chi connectivity index (χ1v) is 8.89. The number of hydrogen-bond donors (Lipinski definition) is 1. The van der Waals surface area contributed by atoms with Crippen LogP contribution in [0.25, 0.3) is 0 Å². The number of amides is 2. The van der Waals surface area contributed by atoms with Crippen LogP contribution in [0.5, 0.6) is 0 Å². The Labute approximate surface area is 143 Å². The van der Waals surface area contributed by atoms with E-state index in [1.54, 1.807) is 18.1 Å². The van der Waals surface area contributed by atoms with E-state index in [1.165, 1.54) is 22.7 Å². The van der Waals surface area contributed by atoms with Gasteiger partial charge in [0.25, 0.3) is 5.91 Å². The number of carbonyl (C=O) groups excluding carboxylic acids is 2. The molecule has 0 aliphatic rings. The van der Waals surface area contributed by atoms with Gasteiger partial charge in [-0.15, -0.1) is 22.7 Å². The molecular weight excluding hydrogens is 334 g/mol. The molecule has 0 atom stereocenters. The van der Waals surface area contributed by atoms with E-state index in [1.807, 2.05) is 23.8 Å². The van der Waals surface area contributed by atoms with Gasteiger partial charge >= 0.3 is 0 Å². The van der Waals surface area contributed by atoms with Crippen LogP contribution in [0, 0.1) is 6.92 Å². The fourth-order valence-electron chi connectivity index (χ4n) is 1.95. The topological polar surface area (TPSA) is 71.5 Å². The van der Waals surface area contributed by atoms with Crippen molar-refractivity contribution in [2.45, 2.75) is 13.3 Å². The second-order valence-electron chi connectivity index (χ2n) is 4.89. The average Bonchev–Trinajstić information content (AvgIpc) is 3.17. The van der Waals surface area contributed by atoms with Gasteiger partial charge in [0.15, 0.2) is 5.13 Å². The molecule has 0 saturated heterocycles. The standard InChI is InChI=1S/C15H19N3O3S2/c1-11-10-23-15(16-11)17-13(19)9-18(6-4-7-21-2)14(20)12-5-3-8-22-12/h3,5,8,10H,4,6-7,9H2,1-2H3,(H,16,17,19). The van der Waals surface area contributed by atoms with E-state index in [2.05, 4.69) is 10.3 Å². The lowest BCUT2D eigenvalue weighted by molar-refractivity contribution is -0.116. The number of aromatic nitrogens is 1. The number of methoxy groups -OCH3 is 1. The molecule has 124 valence electrons. The summed E-state index contributed by atoms with van der Waals surface area (Å²) < 4.78 is 5.02. The zero-order chi connectivity index (χ0) is 16.7. The van der Waals surface area contributed by atoms with Crippen LogP contribution in [0.15, 0.2) is 22.9 Å². The van der Waals surface area contributed by atoms with Crippen molar-refractivity contribution in [3.63, 3.8) is 0 Å². The number of thiazole rings is 1. The lowest BCUT2D eigenvalue weighted by atomic mass is 10.3. The summed E-state index contributed by atoms with van der Waals surface area (Å²) in [5, 5.41) is 6.99. The van der Waals surface area contributed by atoms with Crippen LogP contribution in [0.2, 0.25) is 0 Å². The number of thiophene rings is 1. The van der Waals surface area contributed by atoms with Crippen molar-refractivity contribution in [3.05, 3.63) is 33.5 Å². The lowest BCUT2D eigenvalue weighted by Crippen LogP contribution is -2.38. The van der Waals surface area contributed by atoms with Gasteiger partial charge in [-0.05, 0) is 24.8 Å². The Hall–Kier alpha value is -1.77. The van der Waals surface area contributed by atoms with E-state index in [-0.39, 0.29) is 18.4 Å². The van der Waals surface area contributed by atoms with Crippen molar-refractivity contribution in [2.24, 2.45) is 0 Å². The normalized spacial score (nSPS) is 10.5. The van der Waals surface area contributed by atoms with Crippen LogP contribution in [-0.2, 0) is 9.53 Å². The third-order valence-electron chi connectivity index (χ3n) is 3.00. The van der Waals surface area contributed by atoms with Crippen molar-refractivity contribution in [3.8, 4) is 0 Å². The van der Waals surface area contributed by atoms with Crippen LogP contribution in [0.4, 0.5) is 5.13 Å². The summed E-state index contributed by atoms with van der Waals surface area (Å²) in [4.78, 5) is 31.0. The molecule has 0 aromatic carbocycles. The third-order valence-corrected chi connectivity index (χ3v) is 4.73. The maximum absolute atomic E-state index is 12.5. The highest BCUT2D eigenvalue weighted by molar-refractivity contribution is 7.14. The molecule has 6 nitrogen and oxygen atoms in total. The number of anilines is 1. The largest absolute Gasteiger partial charge is 0.385 e. The van der Waals surface area contributed by atoms with E-state index in [9.17, 15) is 9.59 Å². The number of rotatable bonds is 8. The first kappa shape index (κ1) is 17.6. The van der Waals surface area contributed by atoms with Crippen molar-refractivity contribution >= 4 is 39.6 Å². The van der Waals surface area contributed by atoms with E-state index >= 15 is 0 Å². The molecule has 2 amide bonds. The third kappa shape index (κ3) is 5.42. The Kier molecular flexibility index (Phi) is 6.69. The van der Waals surface area contributed by atoms with Gasteiger partial charge in [-0.3, -0.25) is 9.59 Å². The first-order valence-electron chi connectivity index (χ1n) is 7.14. The van der Waals surface area contributed by atoms with E-state index < -0.39 is 0 Å². The Bertz CT molecular complexity index is 640. The van der Waals surface area contributed by atoms with E-state index in [4.69, 9.17) is 4.74 Å². The molecule has 0 unspecified atom stereocenters. The maximum atomic E-state index is 12.5.